The van der Waals surface area contributed by atoms with Crippen molar-refractivity contribution in [3.8, 4) is 0 Å². The summed E-state index contributed by atoms with van der Waals surface area (Å²) in [5.41, 5.74) is 5.14. The van der Waals surface area contributed by atoms with Crippen LogP contribution in [0.4, 0.5) is 0 Å². The molecule has 1 aliphatic rings. The number of amides is 1. The molecule has 7 heteroatoms. The maximum Gasteiger partial charge on any atom is 0.322 e. The van der Waals surface area contributed by atoms with Crippen molar-refractivity contribution in [1.29, 1.82) is 0 Å². The van der Waals surface area contributed by atoms with Crippen molar-refractivity contribution < 1.29 is 23.8 Å². The zero-order valence-corrected chi connectivity index (χ0v) is 13.0. The molecular formula is C14H26N2O5. The van der Waals surface area contributed by atoms with Gasteiger partial charge in [-0.2, -0.15) is 0 Å². The zero-order valence-electron chi connectivity index (χ0n) is 13.0. The third-order valence-corrected chi connectivity index (χ3v) is 3.26. The lowest BCUT2D eigenvalue weighted by molar-refractivity contribution is -0.223. The van der Waals surface area contributed by atoms with Crippen molar-refractivity contribution in [3.05, 3.63) is 0 Å². The molecule has 1 amide bonds. The second-order valence-corrected chi connectivity index (χ2v) is 6.04. The Morgan fingerprint density at radius 2 is 2.00 bits per heavy atom. The van der Waals surface area contributed by atoms with Crippen molar-refractivity contribution in [2.45, 2.75) is 45.4 Å². The first kappa shape index (κ1) is 17.9. The Bertz CT molecular complexity index is 349. The Hall–Kier alpha value is -1.18. The van der Waals surface area contributed by atoms with Gasteiger partial charge in [0.1, 0.15) is 6.04 Å². The van der Waals surface area contributed by atoms with Gasteiger partial charge in [0.2, 0.25) is 5.91 Å². The number of nitrogens with two attached hydrogens (primary N) is 1. The van der Waals surface area contributed by atoms with E-state index in [0.717, 1.165) is 0 Å². The molecule has 0 aromatic heterocycles. The van der Waals surface area contributed by atoms with E-state index in [0.29, 0.717) is 32.6 Å². The van der Waals surface area contributed by atoms with E-state index in [9.17, 15) is 9.59 Å². The molecule has 0 aliphatic carbocycles. The van der Waals surface area contributed by atoms with E-state index in [2.05, 4.69) is 19.2 Å². The van der Waals surface area contributed by atoms with Crippen LogP contribution in [0.5, 0.6) is 0 Å². The van der Waals surface area contributed by atoms with Crippen LogP contribution in [-0.4, -0.2) is 51.1 Å². The van der Waals surface area contributed by atoms with E-state index in [-0.39, 0.29) is 18.1 Å². The zero-order chi connectivity index (χ0) is 15.9. The Balaban J connectivity index is 2.29. The summed E-state index contributed by atoms with van der Waals surface area (Å²) in [4.78, 5) is 22.4. The van der Waals surface area contributed by atoms with Crippen LogP contribution in [-0.2, 0) is 23.8 Å². The minimum Gasteiger partial charge on any atom is -0.468 e. The molecule has 1 aliphatic heterocycles. The van der Waals surface area contributed by atoms with E-state index in [1.165, 1.54) is 7.11 Å². The number of esters is 1. The Morgan fingerprint density at radius 1 is 1.38 bits per heavy atom. The highest BCUT2D eigenvalue weighted by molar-refractivity contribution is 5.78. The van der Waals surface area contributed by atoms with Gasteiger partial charge in [0.25, 0.3) is 0 Å². The summed E-state index contributed by atoms with van der Waals surface area (Å²) in [5.74, 6) is -0.838. The monoisotopic (exact) mass is 302 g/mol. The van der Waals surface area contributed by atoms with E-state index in [4.69, 9.17) is 19.9 Å². The molecule has 7 nitrogen and oxygen atoms in total. The third-order valence-electron chi connectivity index (χ3n) is 3.26. The summed E-state index contributed by atoms with van der Waals surface area (Å²) < 4.78 is 15.9. The summed E-state index contributed by atoms with van der Waals surface area (Å²) >= 11 is 0. The molecular weight excluding hydrogens is 276 g/mol. The highest BCUT2D eigenvalue weighted by atomic mass is 16.7. The first-order chi connectivity index (χ1) is 9.84. The first-order valence-corrected chi connectivity index (χ1v) is 7.17. The smallest absolute Gasteiger partial charge is 0.322 e. The number of methoxy groups -OCH3 is 1. The lowest BCUT2D eigenvalue weighted by Crippen LogP contribution is -2.42. The quantitative estimate of drug-likeness (QED) is 0.620. The summed E-state index contributed by atoms with van der Waals surface area (Å²) in [6.07, 6.45) is 0.818. The standard InChI is InChI=1S/C14H26N2O5/c1-14(2)8-20-12(21-9-14)6-7-16-10(13(18)19-3)4-5-11(15)17/h10,12,16H,4-9H2,1-3H3,(H2,15,17). The number of nitrogens with one attached hydrogen (secondary N) is 1. The number of hydrogen-bond donors (Lipinski definition) is 2. The normalized spacial score (nSPS) is 20.0. The number of primary amides is 1. The molecule has 0 spiro atoms. The molecule has 122 valence electrons. The molecule has 1 heterocycles. The molecule has 1 rings (SSSR count). The van der Waals surface area contributed by atoms with Crippen LogP contribution in [0.1, 0.15) is 33.1 Å². The molecule has 21 heavy (non-hydrogen) atoms. The molecule has 1 unspecified atom stereocenters. The van der Waals surface area contributed by atoms with Crippen LogP contribution in [0.15, 0.2) is 0 Å². The molecule has 1 atom stereocenters. The van der Waals surface area contributed by atoms with Crippen LogP contribution in [0.3, 0.4) is 0 Å². The summed E-state index contributed by atoms with van der Waals surface area (Å²) in [6.45, 7) is 6.00. The van der Waals surface area contributed by atoms with Gasteiger partial charge in [-0.15, -0.1) is 0 Å². The van der Waals surface area contributed by atoms with Gasteiger partial charge in [0.15, 0.2) is 6.29 Å². The maximum atomic E-state index is 11.6. The highest BCUT2D eigenvalue weighted by Gasteiger charge is 2.28. The van der Waals surface area contributed by atoms with E-state index in [1.54, 1.807) is 0 Å². The number of rotatable bonds is 8. The molecule has 3 N–H and O–H groups in total. The van der Waals surface area contributed by atoms with E-state index >= 15 is 0 Å². The van der Waals surface area contributed by atoms with E-state index < -0.39 is 17.9 Å². The van der Waals surface area contributed by atoms with Gasteiger partial charge < -0.3 is 25.3 Å². The van der Waals surface area contributed by atoms with Gasteiger partial charge in [-0.3, -0.25) is 9.59 Å². The van der Waals surface area contributed by atoms with Crippen molar-refractivity contribution in [2.24, 2.45) is 11.1 Å². The molecule has 0 aromatic carbocycles. The fourth-order valence-electron chi connectivity index (χ4n) is 2.00. The predicted octanol–water partition coefficient (Wildman–Crippen LogP) is 0.172. The third kappa shape index (κ3) is 6.88. The Kier molecular flexibility index (Phi) is 7.07. The first-order valence-electron chi connectivity index (χ1n) is 7.17. The number of hydrogen-bond acceptors (Lipinski definition) is 6. The average Bonchev–Trinajstić information content (AvgIpc) is 2.43. The minimum atomic E-state index is -0.539. The molecule has 0 radical (unpaired) electrons. The Labute approximate surface area is 125 Å². The van der Waals surface area contributed by atoms with Crippen LogP contribution in [0.25, 0.3) is 0 Å². The van der Waals surface area contributed by atoms with Crippen LogP contribution in [0, 0.1) is 5.41 Å². The highest BCUT2D eigenvalue weighted by Crippen LogP contribution is 2.23. The minimum absolute atomic E-state index is 0.0416. The number of carbonyl (C=O) groups excluding carboxylic acids is 2. The number of ether oxygens (including phenoxy) is 3. The van der Waals surface area contributed by atoms with Crippen molar-refractivity contribution in [3.63, 3.8) is 0 Å². The van der Waals surface area contributed by atoms with E-state index in [1.807, 2.05) is 0 Å². The SMILES string of the molecule is COC(=O)C(CCC(N)=O)NCCC1OCC(C)(C)CO1. The Morgan fingerprint density at radius 3 is 2.52 bits per heavy atom. The predicted molar refractivity (Wildman–Crippen MR) is 76.3 cm³/mol. The largest absolute Gasteiger partial charge is 0.468 e. The molecule has 1 fully saturated rings. The van der Waals surface area contributed by atoms with Crippen LogP contribution in [0.2, 0.25) is 0 Å². The fourth-order valence-corrected chi connectivity index (χ4v) is 2.00. The molecule has 0 saturated carbocycles. The molecule has 0 bridgehead atoms. The van der Waals surface area contributed by atoms with Crippen LogP contribution < -0.4 is 11.1 Å². The second kappa shape index (κ2) is 8.31. The van der Waals surface area contributed by atoms with Gasteiger partial charge in [0, 0.05) is 24.8 Å². The van der Waals surface area contributed by atoms with Crippen molar-refractivity contribution in [2.75, 3.05) is 26.9 Å². The van der Waals surface area contributed by atoms with Gasteiger partial charge in [-0.05, 0) is 6.42 Å². The lowest BCUT2D eigenvalue weighted by atomic mass is 9.95. The summed E-state index contributed by atoms with van der Waals surface area (Å²) in [6, 6.07) is -0.539. The summed E-state index contributed by atoms with van der Waals surface area (Å²) in [7, 11) is 1.32. The topological polar surface area (TPSA) is 99.9 Å². The maximum absolute atomic E-state index is 11.6. The lowest BCUT2D eigenvalue weighted by Gasteiger charge is -2.34. The average molecular weight is 302 g/mol. The molecule has 1 saturated heterocycles. The summed E-state index contributed by atoms with van der Waals surface area (Å²) in [5, 5.41) is 3.05. The van der Waals surface area contributed by atoms with Gasteiger partial charge in [-0.1, -0.05) is 13.8 Å². The van der Waals surface area contributed by atoms with Gasteiger partial charge >= 0.3 is 5.97 Å². The van der Waals surface area contributed by atoms with Crippen LogP contribution >= 0.6 is 0 Å². The van der Waals surface area contributed by atoms with Crippen molar-refractivity contribution >= 4 is 11.9 Å². The molecule has 0 aromatic rings. The van der Waals surface area contributed by atoms with Gasteiger partial charge in [-0.25, -0.2) is 0 Å². The number of carbonyl (C=O) groups is 2. The second-order valence-electron chi connectivity index (χ2n) is 6.04. The van der Waals surface area contributed by atoms with Gasteiger partial charge in [0.05, 0.1) is 20.3 Å². The fraction of sp³-hybridized carbons (Fsp3) is 0.857. The van der Waals surface area contributed by atoms with Crippen molar-refractivity contribution in [1.82, 2.24) is 5.32 Å².